The van der Waals surface area contributed by atoms with Gasteiger partial charge in [-0.05, 0) is 43.4 Å². The molecule has 4 nitrogen and oxygen atoms in total. The quantitative estimate of drug-likeness (QED) is 0.774. The molecule has 2 N–H and O–H groups in total. The molecule has 0 atom stereocenters. The maximum Gasteiger partial charge on any atom is 0.321 e. The van der Waals surface area contributed by atoms with E-state index < -0.39 is 5.60 Å². The van der Waals surface area contributed by atoms with Gasteiger partial charge in [0.2, 0.25) is 0 Å². The van der Waals surface area contributed by atoms with Crippen molar-refractivity contribution in [3.05, 3.63) is 28.7 Å². The van der Waals surface area contributed by atoms with Crippen molar-refractivity contribution in [2.75, 3.05) is 18.4 Å². The third kappa shape index (κ3) is 4.73. The van der Waals surface area contributed by atoms with Crippen LogP contribution in [0.3, 0.4) is 0 Å². The Morgan fingerprint density at radius 1 is 1.25 bits per heavy atom. The molecule has 1 aliphatic carbocycles. The summed E-state index contributed by atoms with van der Waals surface area (Å²) >= 11 is 3.41. The Kier molecular flexibility index (Phi) is 5.82. The molecule has 24 heavy (non-hydrogen) atoms. The molecule has 0 aromatic heterocycles. The minimum Gasteiger partial charge on any atom is -0.390 e. The van der Waals surface area contributed by atoms with Crippen LogP contribution >= 0.6 is 15.9 Å². The maximum absolute atomic E-state index is 12.4. The fourth-order valence-corrected chi connectivity index (χ4v) is 4.43. The van der Waals surface area contributed by atoms with Gasteiger partial charge in [-0.25, -0.2) is 4.79 Å². The number of likely N-dealkylation sites (tertiary alicyclic amines) is 1. The van der Waals surface area contributed by atoms with Crippen molar-refractivity contribution in [3.63, 3.8) is 0 Å². The summed E-state index contributed by atoms with van der Waals surface area (Å²) in [6.45, 7) is 1.26. The first kappa shape index (κ1) is 17.7. The van der Waals surface area contributed by atoms with Gasteiger partial charge in [-0.2, -0.15) is 0 Å². The lowest BCUT2D eigenvalue weighted by atomic mass is 9.77. The Hall–Kier alpha value is -1.07. The average molecular weight is 395 g/mol. The van der Waals surface area contributed by atoms with Crippen LogP contribution < -0.4 is 5.32 Å². The lowest BCUT2D eigenvalue weighted by Crippen LogP contribution is -2.48. The van der Waals surface area contributed by atoms with Crippen LogP contribution in [0.4, 0.5) is 10.5 Å². The second-order valence-electron chi connectivity index (χ2n) is 7.36. The minimum atomic E-state index is -0.575. The van der Waals surface area contributed by atoms with E-state index in [4.69, 9.17) is 0 Å². The number of carbonyl (C=O) groups excluding carboxylic acids is 1. The second-order valence-corrected chi connectivity index (χ2v) is 8.28. The largest absolute Gasteiger partial charge is 0.390 e. The van der Waals surface area contributed by atoms with Crippen LogP contribution in [0, 0.1) is 5.92 Å². The minimum absolute atomic E-state index is 0.0761. The smallest absolute Gasteiger partial charge is 0.321 e. The van der Waals surface area contributed by atoms with Crippen molar-refractivity contribution >= 4 is 27.6 Å². The molecular formula is C19H27BrN2O2. The molecule has 1 aromatic carbocycles. The van der Waals surface area contributed by atoms with E-state index in [2.05, 4.69) is 21.2 Å². The Bertz CT molecular complexity index is 564. The van der Waals surface area contributed by atoms with Crippen molar-refractivity contribution in [1.29, 1.82) is 0 Å². The topological polar surface area (TPSA) is 52.6 Å². The summed E-state index contributed by atoms with van der Waals surface area (Å²) in [7, 11) is 0. The Morgan fingerprint density at radius 2 is 1.96 bits per heavy atom. The van der Waals surface area contributed by atoms with Crippen LogP contribution in [-0.2, 0) is 0 Å². The molecule has 2 aliphatic rings. The molecule has 1 heterocycles. The predicted octanol–water partition coefficient (Wildman–Crippen LogP) is 4.78. The molecule has 0 bridgehead atoms. The molecule has 1 saturated heterocycles. The zero-order chi connectivity index (χ0) is 17.0. The Morgan fingerprint density at radius 3 is 2.62 bits per heavy atom. The monoisotopic (exact) mass is 394 g/mol. The molecule has 0 unspecified atom stereocenters. The van der Waals surface area contributed by atoms with E-state index >= 15 is 0 Å². The van der Waals surface area contributed by atoms with Crippen LogP contribution in [-0.4, -0.2) is 34.7 Å². The summed E-state index contributed by atoms with van der Waals surface area (Å²) in [6.07, 6.45) is 8.77. The van der Waals surface area contributed by atoms with Crippen molar-refractivity contribution in [2.24, 2.45) is 5.92 Å². The predicted molar refractivity (Wildman–Crippen MR) is 100 cm³/mol. The van der Waals surface area contributed by atoms with Crippen molar-refractivity contribution in [3.8, 4) is 0 Å². The summed E-state index contributed by atoms with van der Waals surface area (Å²) in [5, 5.41) is 13.8. The number of amides is 2. The average Bonchev–Trinajstić information content (AvgIpc) is 2.56. The number of anilines is 1. The lowest BCUT2D eigenvalue weighted by Gasteiger charge is -2.40. The molecule has 5 heteroatoms. The van der Waals surface area contributed by atoms with E-state index in [1.54, 1.807) is 0 Å². The van der Waals surface area contributed by atoms with Crippen molar-refractivity contribution in [2.45, 2.75) is 57.0 Å². The SMILES string of the molecule is O=C(Nc1cccc(Br)c1)N1CCC(O)(CC2CCCCC2)CC1. The van der Waals surface area contributed by atoms with Crippen LogP contribution in [0.1, 0.15) is 51.4 Å². The molecule has 1 saturated carbocycles. The number of rotatable bonds is 3. The maximum atomic E-state index is 12.4. The zero-order valence-corrected chi connectivity index (χ0v) is 15.7. The highest BCUT2D eigenvalue weighted by Gasteiger charge is 2.36. The number of hydrogen-bond acceptors (Lipinski definition) is 2. The fraction of sp³-hybridized carbons (Fsp3) is 0.632. The van der Waals surface area contributed by atoms with Gasteiger partial charge in [0, 0.05) is 23.2 Å². The summed E-state index contributed by atoms with van der Waals surface area (Å²) in [5.74, 6) is 0.672. The highest BCUT2D eigenvalue weighted by molar-refractivity contribution is 9.10. The fourth-order valence-electron chi connectivity index (χ4n) is 4.03. The summed E-state index contributed by atoms with van der Waals surface area (Å²) < 4.78 is 0.945. The highest BCUT2D eigenvalue weighted by atomic mass is 79.9. The van der Waals surface area contributed by atoms with Crippen molar-refractivity contribution < 1.29 is 9.90 Å². The molecule has 2 amide bonds. The van der Waals surface area contributed by atoms with E-state index in [1.807, 2.05) is 29.2 Å². The number of nitrogens with zero attached hydrogens (tertiary/aromatic N) is 1. The third-order valence-corrected chi connectivity index (χ3v) is 5.94. The molecule has 132 valence electrons. The first-order chi connectivity index (χ1) is 11.5. The highest BCUT2D eigenvalue weighted by Crippen LogP contribution is 2.35. The van der Waals surface area contributed by atoms with Gasteiger partial charge < -0.3 is 15.3 Å². The van der Waals surface area contributed by atoms with Crippen LogP contribution in [0.2, 0.25) is 0 Å². The number of hydrogen-bond donors (Lipinski definition) is 2. The van der Waals surface area contributed by atoms with Gasteiger partial charge in [-0.1, -0.05) is 54.1 Å². The molecule has 0 radical (unpaired) electrons. The van der Waals surface area contributed by atoms with Gasteiger partial charge in [0.15, 0.2) is 0 Å². The number of aliphatic hydroxyl groups is 1. The van der Waals surface area contributed by atoms with E-state index in [0.29, 0.717) is 31.8 Å². The molecule has 0 spiro atoms. The standard InChI is InChI=1S/C19H27BrN2O2/c20-16-7-4-8-17(13-16)21-18(23)22-11-9-19(24,10-12-22)14-15-5-2-1-3-6-15/h4,7-8,13,15,24H,1-3,5-6,9-12,14H2,(H,21,23). The molecular weight excluding hydrogens is 368 g/mol. The van der Waals surface area contributed by atoms with Gasteiger partial charge in [-0.3, -0.25) is 0 Å². The molecule has 1 aliphatic heterocycles. The van der Waals surface area contributed by atoms with E-state index in [9.17, 15) is 9.90 Å². The van der Waals surface area contributed by atoms with Crippen LogP contribution in [0.5, 0.6) is 0 Å². The van der Waals surface area contributed by atoms with E-state index in [0.717, 1.165) is 16.6 Å². The number of nitrogens with one attached hydrogen (secondary N) is 1. The molecule has 1 aromatic rings. The first-order valence-electron chi connectivity index (χ1n) is 9.08. The summed E-state index contributed by atoms with van der Waals surface area (Å²) in [4.78, 5) is 14.2. The molecule has 3 rings (SSSR count). The van der Waals surface area contributed by atoms with Gasteiger partial charge in [0.1, 0.15) is 0 Å². The Balaban J connectivity index is 1.49. The molecule has 2 fully saturated rings. The van der Waals surface area contributed by atoms with Gasteiger partial charge in [0.25, 0.3) is 0 Å². The Labute approximate surface area is 152 Å². The first-order valence-corrected chi connectivity index (χ1v) is 9.87. The van der Waals surface area contributed by atoms with Crippen LogP contribution in [0.25, 0.3) is 0 Å². The third-order valence-electron chi connectivity index (χ3n) is 5.45. The van der Waals surface area contributed by atoms with E-state index in [-0.39, 0.29) is 6.03 Å². The summed E-state index contributed by atoms with van der Waals surface area (Å²) in [6, 6.07) is 7.53. The number of benzene rings is 1. The summed E-state index contributed by atoms with van der Waals surface area (Å²) in [5.41, 5.74) is 0.214. The number of urea groups is 1. The number of carbonyl (C=O) groups is 1. The lowest BCUT2D eigenvalue weighted by molar-refractivity contribution is -0.0337. The van der Waals surface area contributed by atoms with Crippen molar-refractivity contribution in [1.82, 2.24) is 4.90 Å². The van der Waals surface area contributed by atoms with Gasteiger partial charge in [0.05, 0.1) is 5.60 Å². The van der Waals surface area contributed by atoms with Gasteiger partial charge in [-0.15, -0.1) is 0 Å². The van der Waals surface area contributed by atoms with E-state index in [1.165, 1.54) is 32.1 Å². The number of halogens is 1. The van der Waals surface area contributed by atoms with Crippen LogP contribution in [0.15, 0.2) is 28.7 Å². The number of piperidine rings is 1. The van der Waals surface area contributed by atoms with Gasteiger partial charge >= 0.3 is 6.03 Å². The zero-order valence-electron chi connectivity index (χ0n) is 14.1. The normalized spacial score (nSPS) is 21.5. The second kappa shape index (κ2) is 7.87.